The molecule has 0 fully saturated rings. The van der Waals surface area contributed by atoms with Crippen molar-refractivity contribution in [2.24, 2.45) is 0 Å². The van der Waals surface area contributed by atoms with Gasteiger partial charge in [0.15, 0.2) is 5.82 Å². The first kappa shape index (κ1) is 15.2. The highest BCUT2D eigenvalue weighted by atomic mass is 35.5. The number of aromatic nitrogens is 4. The van der Waals surface area contributed by atoms with Gasteiger partial charge in [-0.25, -0.2) is 9.07 Å². The molecule has 3 aromatic rings. The smallest absolute Gasteiger partial charge is 0.183 e. The number of halogens is 4. The number of nitrogens with zero attached hydrogens (tertiary/aromatic N) is 4. The average Bonchev–Trinajstić information content (AvgIpc) is 2.94. The monoisotopic (exact) mass is 356 g/mol. The fourth-order valence-electron chi connectivity index (χ4n) is 2.01. The lowest BCUT2D eigenvalue weighted by molar-refractivity contribution is 0.579. The molecule has 0 bridgehead atoms. The molecule has 0 radical (unpaired) electrons. The highest BCUT2D eigenvalue weighted by Crippen LogP contribution is 2.29. The van der Waals surface area contributed by atoms with Crippen LogP contribution in [0.25, 0.3) is 11.4 Å². The Morgan fingerprint density at radius 2 is 1.86 bits per heavy atom. The van der Waals surface area contributed by atoms with Crippen LogP contribution in [-0.2, 0) is 6.54 Å². The SMILES string of the molecule is Fc1cccc(Cl)c1Cn1nnnc1-c1cc(Cl)ccc1Cl. The summed E-state index contributed by atoms with van der Waals surface area (Å²) in [5.41, 5.74) is 0.863. The normalized spacial score (nSPS) is 10.9. The standard InChI is InChI=1S/C14H8Cl3FN4/c15-8-4-5-12(17)9(6-8)14-19-20-21-22(14)7-10-11(16)2-1-3-13(10)18/h1-6H,7H2. The summed E-state index contributed by atoms with van der Waals surface area (Å²) in [5, 5.41) is 12.7. The van der Waals surface area contributed by atoms with Crippen LogP contribution in [0.1, 0.15) is 5.56 Å². The highest BCUT2D eigenvalue weighted by Gasteiger charge is 2.16. The van der Waals surface area contributed by atoms with Crippen LogP contribution in [0.3, 0.4) is 0 Å². The second-order valence-electron chi connectivity index (χ2n) is 4.48. The van der Waals surface area contributed by atoms with E-state index >= 15 is 0 Å². The number of benzene rings is 2. The maximum atomic E-state index is 13.9. The van der Waals surface area contributed by atoms with E-state index < -0.39 is 5.82 Å². The second-order valence-corrected chi connectivity index (χ2v) is 5.74. The Morgan fingerprint density at radius 1 is 1.05 bits per heavy atom. The van der Waals surface area contributed by atoms with Crippen molar-refractivity contribution in [3.8, 4) is 11.4 Å². The van der Waals surface area contributed by atoms with Crippen molar-refractivity contribution < 1.29 is 4.39 Å². The lowest BCUT2D eigenvalue weighted by Crippen LogP contribution is -2.07. The van der Waals surface area contributed by atoms with E-state index in [-0.39, 0.29) is 6.54 Å². The van der Waals surface area contributed by atoms with Crippen LogP contribution in [0.2, 0.25) is 15.1 Å². The average molecular weight is 358 g/mol. The Kier molecular flexibility index (Phi) is 4.29. The molecule has 112 valence electrons. The first-order valence-electron chi connectivity index (χ1n) is 6.20. The zero-order valence-corrected chi connectivity index (χ0v) is 13.2. The molecule has 0 unspecified atom stereocenters. The molecule has 0 saturated heterocycles. The second kappa shape index (κ2) is 6.20. The van der Waals surface area contributed by atoms with Crippen molar-refractivity contribution in [1.29, 1.82) is 0 Å². The molecule has 0 spiro atoms. The molecule has 0 atom stereocenters. The Bertz CT molecular complexity index is 814. The van der Waals surface area contributed by atoms with Crippen LogP contribution in [0.15, 0.2) is 36.4 Å². The lowest BCUT2D eigenvalue weighted by atomic mass is 10.2. The van der Waals surface area contributed by atoms with E-state index in [0.29, 0.717) is 32.0 Å². The third-order valence-electron chi connectivity index (χ3n) is 3.07. The first-order valence-corrected chi connectivity index (χ1v) is 7.34. The van der Waals surface area contributed by atoms with Gasteiger partial charge in [-0.3, -0.25) is 0 Å². The van der Waals surface area contributed by atoms with Gasteiger partial charge in [0.1, 0.15) is 5.82 Å². The van der Waals surface area contributed by atoms with Crippen LogP contribution < -0.4 is 0 Å². The fraction of sp³-hybridized carbons (Fsp3) is 0.0714. The van der Waals surface area contributed by atoms with Gasteiger partial charge in [-0.05, 0) is 40.8 Å². The molecule has 0 saturated carbocycles. The summed E-state index contributed by atoms with van der Waals surface area (Å²) in [6.07, 6.45) is 0. The molecule has 4 nitrogen and oxygen atoms in total. The van der Waals surface area contributed by atoms with Crippen LogP contribution in [0.5, 0.6) is 0 Å². The predicted molar refractivity (Wildman–Crippen MR) is 83.8 cm³/mol. The molecule has 0 aliphatic rings. The van der Waals surface area contributed by atoms with Crippen molar-refractivity contribution in [2.75, 3.05) is 0 Å². The zero-order valence-electron chi connectivity index (χ0n) is 11.0. The first-order chi connectivity index (χ1) is 10.6. The summed E-state index contributed by atoms with van der Waals surface area (Å²) in [7, 11) is 0. The van der Waals surface area contributed by atoms with Crippen molar-refractivity contribution >= 4 is 34.8 Å². The summed E-state index contributed by atoms with van der Waals surface area (Å²) in [5.74, 6) is -0.0436. The van der Waals surface area contributed by atoms with E-state index in [2.05, 4.69) is 15.5 Å². The van der Waals surface area contributed by atoms with Gasteiger partial charge >= 0.3 is 0 Å². The molecule has 1 aromatic heterocycles. The van der Waals surface area contributed by atoms with E-state index in [1.165, 1.54) is 16.8 Å². The zero-order chi connectivity index (χ0) is 15.7. The number of hydrogen-bond donors (Lipinski definition) is 0. The summed E-state index contributed by atoms with van der Waals surface area (Å²) < 4.78 is 15.3. The van der Waals surface area contributed by atoms with Gasteiger partial charge in [-0.1, -0.05) is 40.9 Å². The highest BCUT2D eigenvalue weighted by molar-refractivity contribution is 6.35. The van der Waals surface area contributed by atoms with Crippen molar-refractivity contribution in [3.05, 3.63) is 62.8 Å². The molecule has 1 heterocycles. The molecule has 8 heteroatoms. The van der Waals surface area contributed by atoms with Gasteiger partial charge in [0.2, 0.25) is 0 Å². The van der Waals surface area contributed by atoms with Gasteiger partial charge in [-0.2, -0.15) is 0 Å². The summed E-state index contributed by atoms with van der Waals surface area (Å²) in [6, 6.07) is 9.43. The molecule has 0 aliphatic carbocycles. The molecule has 22 heavy (non-hydrogen) atoms. The van der Waals surface area contributed by atoms with E-state index in [1.54, 1.807) is 24.3 Å². The Labute approximate surface area is 140 Å². The number of hydrogen-bond acceptors (Lipinski definition) is 3. The molecular weight excluding hydrogens is 350 g/mol. The molecule has 0 amide bonds. The third-order valence-corrected chi connectivity index (χ3v) is 3.99. The number of tetrazole rings is 1. The van der Waals surface area contributed by atoms with Crippen LogP contribution in [0, 0.1) is 5.82 Å². The van der Waals surface area contributed by atoms with Gasteiger partial charge in [-0.15, -0.1) is 5.10 Å². The van der Waals surface area contributed by atoms with Crippen LogP contribution in [-0.4, -0.2) is 20.2 Å². The van der Waals surface area contributed by atoms with E-state index in [9.17, 15) is 4.39 Å². The van der Waals surface area contributed by atoms with Crippen molar-refractivity contribution in [3.63, 3.8) is 0 Å². The predicted octanol–water partition coefficient (Wildman–Crippen LogP) is 4.49. The van der Waals surface area contributed by atoms with Gasteiger partial charge in [0.25, 0.3) is 0 Å². The van der Waals surface area contributed by atoms with E-state index in [4.69, 9.17) is 34.8 Å². The minimum absolute atomic E-state index is 0.0800. The van der Waals surface area contributed by atoms with Crippen LogP contribution >= 0.6 is 34.8 Å². The summed E-state index contributed by atoms with van der Waals surface area (Å²) >= 11 is 18.2. The minimum Gasteiger partial charge on any atom is -0.221 e. The van der Waals surface area contributed by atoms with Crippen molar-refractivity contribution in [2.45, 2.75) is 6.54 Å². The van der Waals surface area contributed by atoms with Gasteiger partial charge in [0, 0.05) is 21.2 Å². The molecule has 0 aliphatic heterocycles. The van der Waals surface area contributed by atoms with E-state index in [1.807, 2.05) is 0 Å². The lowest BCUT2D eigenvalue weighted by Gasteiger charge is -2.09. The minimum atomic E-state index is -0.425. The quantitative estimate of drug-likeness (QED) is 0.694. The molecule has 0 N–H and O–H groups in total. The Morgan fingerprint density at radius 3 is 2.64 bits per heavy atom. The molecule has 2 aromatic carbocycles. The molecule has 3 rings (SSSR count). The van der Waals surface area contributed by atoms with Gasteiger partial charge < -0.3 is 0 Å². The summed E-state index contributed by atoms with van der Waals surface area (Å²) in [6.45, 7) is 0.0800. The Hall–Kier alpha value is -1.69. The number of rotatable bonds is 3. The maximum Gasteiger partial charge on any atom is 0.183 e. The summed E-state index contributed by atoms with van der Waals surface area (Å²) in [4.78, 5) is 0. The fourth-order valence-corrected chi connectivity index (χ4v) is 2.60. The van der Waals surface area contributed by atoms with Crippen molar-refractivity contribution in [1.82, 2.24) is 20.2 Å². The van der Waals surface area contributed by atoms with E-state index in [0.717, 1.165) is 0 Å². The topological polar surface area (TPSA) is 43.6 Å². The largest absolute Gasteiger partial charge is 0.221 e. The Balaban J connectivity index is 2.05. The third kappa shape index (κ3) is 2.92. The van der Waals surface area contributed by atoms with Crippen LogP contribution in [0.4, 0.5) is 4.39 Å². The maximum absolute atomic E-state index is 13.9. The molecular formula is C14H8Cl3FN4. The van der Waals surface area contributed by atoms with Gasteiger partial charge in [0.05, 0.1) is 11.6 Å².